The van der Waals surface area contributed by atoms with Gasteiger partial charge in [0.1, 0.15) is 5.75 Å². The van der Waals surface area contributed by atoms with Gasteiger partial charge in [-0.05, 0) is 41.3 Å². The third-order valence-corrected chi connectivity index (χ3v) is 4.86. The van der Waals surface area contributed by atoms with Crippen LogP contribution in [0, 0.1) is 0 Å². The second-order valence-corrected chi connectivity index (χ2v) is 6.12. The molecule has 0 aliphatic carbocycles. The van der Waals surface area contributed by atoms with E-state index < -0.39 is 0 Å². The highest BCUT2D eigenvalue weighted by Gasteiger charge is 2.23. The normalized spacial score (nSPS) is 16.9. The summed E-state index contributed by atoms with van der Waals surface area (Å²) >= 11 is 1.80. The van der Waals surface area contributed by atoms with E-state index in [0.29, 0.717) is 0 Å². The Morgan fingerprint density at radius 2 is 2.19 bits per heavy atom. The highest BCUT2D eigenvalue weighted by Crippen LogP contribution is 2.33. The van der Waals surface area contributed by atoms with E-state index in [9.17, 15) is 0 Å². The van der Waals surface area contributed by atoms with Crippen LogP contribution in [-0.4, -0.2) is 11.7 Å². The fourth-order valence-corrected chi connectivity index (χ4v) is 3.75. The highest BCUT2D eigenvalue weighted by molar-refractivity contribution is 7.10. The number of aromatic nitrogens is 1. The maximum Gasteiger partial charge on any atom is 0.119 e. The first-order valence-corrected chi connectivity index (χ1v) is 7.86. The molecular formula is C17H16N2OS. The Morgan fingerprint density at radius 1 is 1.24 bits per heavy atom. The van der Waals surface area contributed by atoms with Crippen molar-refractivity contribution in [2.45, 2.75) is 12.6 Å². The van der Waals surface area contributed by atoms with Gasteiger partial charge >= 0.3 is 0 Å². The van der Waals surface area contributed by atoms with Crippen molar-refractivity contribution in [2.75, 3.05) is 7.11 Å². The Labute approximate surface area is 127 Å². The first-order chi connectivity index (χ1) is 10.4. The Morgan fingerprint density at radius 3 is 3.10 bits per heavy atom. The van der Waals surface area contributed by atoms with Gasteiger partial charge in [-0.2, -0.15) is 0 Å². The predicted octanol–water partition coefficient (Wildman–Crippen LogP) is 3.74. The molecule has 1 aromatic carbocycles. The molecule has 1 atom stereocenters. The van der Waals surface area contributed by atoms with Crippen LogP contribution in [0.15, 0.2) is 54.0 Å². The van der Waals surface area contributed by atoms with Crippen LogP contribution in [0.5, 0.6) is 5.75 Å². The topological polar surface area (TPSA) is 26.2 Å². The summed E-state index contributed by atoms with van der Waals surface area (Å²) in [5, 5.41) is 5.82. The lowest BCUT2D eigenvalue weighted by atomic mass is 10.0. The number of methoxy groups -OCH3 is 1. The van der Waals surface area contributed by atoms with Gasteiger partial charge in [0.15, 0.2) is 0 Å². The fourth-order valence-electron chi connectivity index (χ4n) is 2.94. The van der Waals surface area contributed by atoms with Crippen LogP contribution in [0.3, 0.4) is 0 Å². The van der Waals surface area contributed by atoms with Crippen LogP contribution in [0.2, 0.25) is 0 Å². The number of benzene rings is 1. The molecule has 0 amide bonds. The van der Waals surface area contributed by atoms with Crippen molar-refractivity contribution in [3.63, 3.8) is 0 Å². The first kappa shape index (κ1) is 12.7. The summed E-state index contributed by atoms with van der Waals surface area (Å²) in [4.78, 5) is 1.37. The highest BCUT2D eigenvalue weighted by atomic mass is 32.1. The molecule has 2 aromatic heterocycles. The SMILES string of the molecule is COc1cccc(C2NCc3sccc3-n3cccc32)c1. The third-order valence-electron chi connectivity index (χ3n) is 3.95. The van der Waals surface area contributed by atoms with Crippen LogP contribution in [-0.2, 0) is 6.54 Å². The van der Waals surface area contributed by atoms with Gasteiger partial charge < -0.3 is 9.30 Å². The maximum absolute atomic E-state index is 5.36. The lowest BCUT2D eigenvalue weighted by molar-refractivity contribution is 0.413. The molecule has 0 saturated heterocycles. The zero-order valence-electron chi connectivity index (χ0n) is 11.7. The number of fused-ring (bicyclic) bond motifs is 3. The number of nitrogens with one attached hydrogen (secondary N) is 1. The summed E-state index contributed by atoms with van der Waals surface area (Å²) < 4.78 is 7.65. The Hall–Kier alpha value is -2.04. The summed E-state index contributed by atoms with van der Waals surface area (Å²) in [6.45, 7) is 0.885. The van der Waals surface area contributed by atoms with Crippen LogP contribution < -0.4 is 10.1 Å². The van der Waals surface area contributed by atoms with Gasteiger partial charge in [-0.1, -0.05) is 12.1 Å². The lowest BCUT2D eigenvalue weighted by Gasteiger charge is -2.18. The van der Waals surface area contributed by atoms with E-state index in [0.717, 1.165) is 12.3 Å². The Kier molecular flexibility index (Phi) is 3.05. The molecule has 21 heavy (non-hydrogen) atoms. The smallest absolute Gasteiger partial charge is 0.119 e. The zero-order valence-corrected chi connectivity index (χ0v) is 12.6. The summed E-state index contributed by atoms with van der Waals surface area (Å²) in [5.74, 6) is 0.895. The molecule has 3 aromatic rings. The van der Waals surface area contributed by atoms with E-state index in [2.05, 4.69) is 51.8 Å². The standard InChI is InChI=1S/C17H16N2OS/c1-20-13-5-2-4-12(10-13)17-15-6-3-8-19(15)14-7-9-21-16(14)11-18-17/h2-10,17-18H,11H2,1H3. The molecule has 0 fully saturated rings. The zero-order chi connectivity index (χ0) is 14.2. The van der Waals surface area contributed by atoms with E-state index >= 15 is 0 Å². The molecule has 0 spiro atoms. The number of nitrogens with zero attached hydrogens (tertiary/aromatic N) is 1. The number of thiophene rings is 1. The van der Waals surface area contributed by atoms with Crippen LogP contribution in [0.4, 0.5) is 0 Å². The molecule has 4 rings (SSSR count). The van der Waals surface area contributed by atoms with Crippen molar-refractivity contribution in [3.05, 3.63) is 70.2 Å². The summed E-state index contributed by atoms with van der Waals surface area (Å²) in [5.41, 5.74) is 3.78. The minimum absolute atomic E-state index is 0.176. The quantitative estimate of drug-likeness (QED) is 0.779. The average molecular weight is 296 g/mol. The molecule has 0 saturated carbocycles. The molecule has 0 bridgehead atoms. The third kappa shape index (κ3) is 2.07. The summed E-state index contributed by atoms with van der Waals surface area (Å²) in [6, 6.07) is 14.9. The number of ether oxygens (including phenoxy) is 1. The largest absolute Gasteiger partial charge is 0.497 e. The summed E-state index contributed by atoms with van der Waals surface area (Å²) in [6.07, 6.45) is 2.14. The van der Waals surface area contributed by atoms with Gasteiger partial charge in [0.25, 0.3) is 0 Å². The van der Waals surface area contributed by atoms with E-state index in [-0.39, 0.29) is 6.04 Å². The van der Waals surface area contributed by atoms with Crippen molar-refractivity contribution in [3.8, 4) is 11.4 Å². The molecule has 106 valence electrons. The fraction of sp³-hybridized carbons (Fsp3) is 0.176. The van der Waals surface area contributed by atoms with Gasteiger partial charge in [-0.15, -0.1) is 11.3 Å². The molecule has 1 N–H and O–H groups in total. The van der Waals surface area contributed by atoms with E-state index in [4.69, 9.17) is 4.74 Å². The van der Waals surface area contributed by atoms with Gasteiger partial charge in [-0.25, -0.2) is 0 Å². The number of hydrogen-bond donors (Lipinski definition) is 1. The molecule has 1 aliphatic heterocycles. The van der Waals surface area contributed by atoms with Crippen LogP contribution in [0.1, 0.15) is 22.2 Å². The second-order valence-electron chi connectivity index (χ2n) is 5.12. The minimum atomic E-state index is 0.176. The Balaban J connectivity index is 1.83. The van der Waals surface area contributed by atoms with E-state index in [1.807, 2.05) is 12.1 Å². The molecular weight excluding hydrogens is 280 g/mol. The van der Waals surface area contributed by atoms with Crippen molar-refractivity contribution in [1.82, 2.24) is 9.88 Å². The molecule has 0 radical (unpaired) electrons. The monoisotopic (exact) mass is 296 g/mol. The molecule has 1 aliphatic rings. The Bertz CT molecular complexity index is 774. The number of rotatable bonds is 2. The maximum atomic E-state index is 5.36. The van der Waals surface area contributed by atoms with Gasteiger partial charge in [-0.3, -0.25) is 5.32 Å². The van der Waals surface area contributed by atoms with Gasteiger partial charge in [0, 0.05) is 23.3 Å². The van der Waals surface area contributed by atoms with Crippen LogP contribution >= 0.6 is 11.3 Å². The van der Waals surface area contributed by atoms with Gasteiger partial charge in [0.05, 0.1) is 18.8 Å². The average Bonchev–Trinajstić information content (AvgIpc) is 3.15. The number of hydrogen-bond acceptors (Lipinski definition) is 3. The molecule has 3 heterocycles. The van der Waals surface area contributed by atoms with Crippen LogP contribution in [0.25, 0.3) is 5.69 Å². The van der Waals surface area contributed by atoms with E-state index in [1.54, 1.807) is 18.4 Å². The van der Waals surface area contributed by atoms with Crippen molar-refractivity contribution >= 4 is 11.3 Å². The second kappa shape index (κ2) is 5.06. The first-order valence-electron chi connectivity index (χ1n) is 6.98. The summed E-state index contributed by atoms with van der Waals surface area (Å²) in [7, 11) is 1.71. The lowest BCUT2D eigenvalue weighted by Crippen LogP contribution is -2.21. The van der Waals surface area contributed by atoms with E-state index in [1.165, 1.54) is 21.8 Å². The molecule has 3 nitrogen and oxygen atoms in total. The predicted molar refractivity (Wildman–Crippen MR) is 85.3 cm³/mol. The molecule has 1 unspecified atom stereocenters. The van der Waals surface area contributed by atoms with Crippen molar-refractivity contribution < 1.29 is 4.74 Å². The van der Waals surface area contributed by atoms with Crippen molar-refractivity contribution in [1.29, 1.82) is 0 Å². The van der Waals surface area contributed by atoms with Crippen molar-refractivity contribution in [2.24, 2.45) is 0 Å². The van der Waals surface area contributed by atoms with Gasteiger partial charge in [0.2, 0.25) is 0 Å². The molecule has 4 heteroatoms. The minimum Gasteiger partial charge on any atom is -0.497 e.